The smallest absolute Gasteiger partial charge is 0.271 e. The first-order valence-electron chi connectivity index (χ1n) is 9.97. The summed E-state index contributed by atoms with van der Waals surface area (Å²) in [6.07, 6.45) is 5.98. The zero-order valence-corrected chi connectivity index (χ0v) is 16.2. The van der Waals surface area contributed by atoms with Crippen molar-refractivity contribution in [3.05, 3.63) is 72.1 Å². The van der Waals surface area contributed by atoms with Gasteiger partial charge in [0.25, 0.3) is 5.91 Å². The SMILES string of the molecule is O=C(Cc1ccc(-c2ccccc2)cc1)Nc1cn[nH]c1C(=O)NC1CCCC1. The van der Waals surface area contributed by atoms with Gasteiger partial charge < -0.3 is 10.6 Å². The molecule has 0 spiro atoms. The molecule has 2 amide bonds. The van der Waals surface area contributed by atoms with Crippen LogP contribution in [0.1, 0.15) is 41.7 Å². The van der Waals surface area contributed by atoms with Crippen molar-refractivity contribution in [3.8, 4) is 11.1 Å². The van der Waals surface area contributed by atoms with Crippen molar-refractivity contribution >= 4 is 17.5 Å². The second-order valence-electron chi connectivity index (χ2n) is 7.40. The van der Waals surface area contributed by atoms with E-state index in [4.69, 9.17) is 0 Å². The van der Waals surface area contributed by atoms with Crippen LogP contribution in [0.4, 0.5) is 5.69 Å². The normalized spacial score (nSPS) is 13.9. The van der Waals surface area contributed by atoms with Gasteiger partial charge in [0.05, 0.1) is 18.3 Å². The van der Waals surface area contributed by atoms with Gasteiger partial charge in [-0.25, -0.2) is 0 Å². The molecule has 0 radical (unpaired) electrons. The van der Waals surface area contributed by atoms with Crippen LogP contribution >= 0.6 is 0 Å². The van der Waals surface area contributed by atoms with Crippen molar-refractivity contribution in [1.29, 1.82) is 0 Å². The summed E-state index contributed by atoms with van der Waals surface area (Å²) in [6, 6.07) is 18.2. The van der Waals surface area contributed by atoms with Gasteiger partial charge in [-0.3, -0.25) is 14.7 Å². The number of benzene rings is 2. The van der Waals surface area contributed by atoms with Crippen LogP contribution in [0.15, 0.2) is 60.8 Å². The van der Waals surface area contributed by atoms with E-state index in [1.807, 2.05) is 42.5 Å². The fourth-order valence-corrected chi connectivity index (χ4v) is 3.71. The molecule has 1 heterocycles. The van der Waals surface area contributed by atoms with Crippen molar-refractivity contribution in [2.75, 3.05) is 5.32 Å². The molecule has 148 valence electrons. The molecule has 0 atom stereocenters. The third-order valence-corrected chi connectivity index (χ3v) is 5.26. The first-order chi connectivity index (χ1) is 14.2. The maximum atomic E-state index is 12.5. The molecule has 1 saturated carbocycles. The molecule has 0 aliphatic heterocycles. The second-order valence-corrected chi connectivity index (χ2v) is 7.40. The van der Waals surface area contributed by atoms with Gasteiger partial charge in [-0.05, 0) is 29.5 Å². The quantitative estimate of drug-likeness (QED) is 0.598. The van der Waals surface area contributed by atoms with E-state index in [9.17, 15) is 9.59 Å². The summed E-state index contributed by atoms with van der Waals surface area (Å²) < 4.78 is 0. The highest BCUT2D eigenvalue weighted by atomic mass is 16.2. The average Bonchev–Trinajstić information content (AvgIpc) is 3.41. The van der Waals surface area contributed by atoms with Crippen molar-refractivity contribution in [2.24, 2.45) is 0 Å². The van der Waals surface area contributed by atoms with Crippen molar-refractivity contribution in [1.82, 2.24) is 15.5 Å². The van der Waals surface area contributed by atoms with E-state index >= 15 is 0 Å². The molecular formula is C23H24N4O2. The molecule has 3 aromatic rings. The van der Waals surface area contributed by atoms with E-state index in [1.54, 1.807) is 0 Å². The van der Waals surface area contributed by atoms with Crippen LogP contribution in [0.5, 0.6) is 0 Å². The summed E-state index contributed by atoms with van der Waals surface area (Å²) in [5, 5.41) is 12.4. The Morgan fingerprint density at radius 3 is 2.38 bits per heavy atom. The highest BCUT2D eigenvalue weighted by Crippen LogP contribution is 2.21. The number of amides is 2. The lowest BCUT2D eigenvalue weighted by atomic mass is 10.0. The van der Waals surface area contributed by atoms with Crippen LogP contribution in [0, 0.1) is 0 Å². The predicted octanol–water partition coefficient (Wildman–Crippen LogP) is 3.93. The summed E-state index contributed by atoms with van der Waals surface area (Å²) >= 11 is 0. The summed E-state index contributed by atoms with van der Waals surface area (Å²) in [5.41, 5.74) is 3.86. The minimum Gasteiger partial charge on any atom is -0.348 e. The molecule has 6 nitrogen and oxygen atoms in total. The maximum Gasteiger partial charge on any atom is 0.271 e. The van der Waals surface area contributed by atoms with Crippen LogP contribution in [0.3, 0.4) is 0 Å². The third-order valence-electron chi connectivity index (χ3n) is 5.26. The zero-order chi connectivity index (χ0) is 20.1. The monoisotopic (exact) mass is 388 g/mol. The molecule has 1 fully saturated rings. The molecule has 0 saturated heterocycles. The van der Waals surface area contributed by atoms with Gasteiger partial charge in [0.15, 0.2) is 0 Å². The molecule has 4 rings (SSSR count). The summed E-state index contributed by atoms with van der Waals surface area (Å²) in [6.45, 7) is 0. The van der Waals surface area contributed by atoms with Crippen molar-refractivity contribution in [3.63, 3.8) is 0 Å². The predicted molar refractivity (Wildman–Crippen MR) is 113 cm³/mol. The van der Waals surface area contributed by atoms with Gasteiger partial charge in [0, 0.05) is 6.04 Å². The van der Waals surface area contributed by atoms with Crippen LogP contribution in [-0.4, -0.2) is 28.1 Å². The lowest BCUT2D eigenvalue weighted by molar-refractivity contribution is -0.115. The Hall–Kier alpha value is -3.41. The highest BCUT2D eigenvalue weighted by Gasteiger charge is 2.21. The Kier molecular flexibility index (Phi) is 5.70. The molecule has 0 bridgehead atoms. The molecule has 3 N–H and O–H groups in total. The zero-order valence-electron chi connectivity index (χ0n) is 16.2. The molecule has 1 aromatic heterocycles. The largest absolute Gasteiger partial charge is 0.348 e. The van der Waals surface area contributed by atoms with Crippen LogP contribution in [0.2, 0.25) is 0 Å². The topological polar surface area (TPSA) is 86.9 Å². The average molecular weight is 388 g/mol. The molecule has 1 aliphatic carbocycles. The molecule has 29 heavy (non-hydrogen) atoms. The summed E-state index contributed by atoms with van der Waals surface area (Å²) in [5.74, 6) is -0.411. The lowest BCUT2D eigenvalue weighted by Gasteiger charge is -2.12. The number of carbonyl (C=O) groups is 2. The number of aromatic nitrogens is 2. The highest BCUT2D eigenvalue weighted by molar-refractivity contribution is 6.02. The van der Waals surface area contributed by atoms with Gasteiger partial charge in [-0.2, -0.15) is 5.10 Å². The fourth-order valence-electron chi connectivity index (χ4n) is 3.71. The molecule has 2 aromatic carbocycles. The standard InChI is InChI=1S/C23H24N4O2/c28-21(14-16-10-12-18(13-11-16)17-6-2-1-3-7-17)26-20-15-24-27-22(20)23(29)25-19-8-4-5-9-19/h1-3,6-7,10-13,15,19H,4-5,8-9,14H2,(H,24,27)(H,25,29)(H,26,28). The number of hydrogen-bond donors (Lipinski definition) is 3. The molecular weight excluding hydrogens is 364 g/mol. The Balaban J connectivity index is 1.36. The summed E-state index contributed by atoms with van der Waals surface area (Å²) in [7, 11) is 0. The van der Waals surface area contributed by atoms with Gasteiger partial charge in [-0.15, -0.1) is 0 Å². The number of hydrogen-bond acceptors (Lipinski definition) is 3. The first kappa shape index (κ1) is 18.9. The number of aromatic amines is 1. The van der Waals surface area contributed by atoms with E-state index < -0.39 is 0 Å². The van der Waals surface area contributed by atoms with E-state index in [0.717, 1.165) is 42.4 Å². The van der Waals surface area contributed by atoms with Crippen LogP contribution in [0.25, 0.3) is 11.1 Å². The number of anilines is 1. The maximum absolute atomic E-state index is 12.5. The Labute approximate surface area is 169 Å². The van der Waals surface area contributed by atoms with E-state index in [0.29, 0.717) is 11.4 Å². The minimum atomic E-state index is -0.225. The van der Waals surface area contributed by atoms with Gasteiger partial charge in [0.1, 0.15) is 5.69 Å². The van der Waals surface area contributed by atoms with E-state index in [1.165, 1.54) is 6.20 Å². The molecule has 0 unspecified atom stereocenters. The minimum absolute atomic E-state index is 0.186. The fraction of sp³-hybridized carbons (Fsp3) is 0.261. The van der Waals surface area contributed by atoms with Gasteiger partial charge in [-0.1, -0.05) is 67.4 Å². The second kappa shape index (κ2) is 8.73. The van der Waals surface area contributed by atoms with Crippen molar-refractivity contribution < 1.29 is 9.59 Å². The van der Waals surface area contributed by atoms with Crippen LogP contribution in [-0.2, 0) is 11.2 Å². The number of nitrogens with zero attached hydrogens (tertiary/aromatic N) is 1. The number of nitrogens with one attached hydrogen (secondary N) is 3. The third kappa shape index (κ3) is 4.71. The first-order valence-corrected chi connectivity index (χ1v) is 9.97. The summed E-state index contributed by atoms with van der Waals surface area (Å²) in [4.78, 5) is 24.9. The molecule has 1 aliphatic rings. The van der Waals surface area contributed by atoms with E-state index in [-0.39, 0.29) is 24.3 Å². The van der Waals surface area contributed by atoms with E-state index in [2.05, 4.69) is 33.0 Å². The Morgan fingerprint density at radius 1 is 0.966 bits per heavy atom. The van der Waals surface area contributed by atoms with Gasteiger partial charge in [0.2, 0.25) is 5.91 Å². The Morgan fingerprint density at radius 2 is 1.66 bits per heavy atom. The van der Waals surface area contributed by atoms with Crippen molar-refractivity contribution in [2.45, 2.75) is 38.1 Å². The number of H-pyrrole nitrogens is 1. The Bertz CT molecular complexity index is 974. The number of carbonyl (C=O) groups excluding carboxylic acids is 2. The van der Waals surface area contributed by atoms with Gasteiger partial charge >= 0.3 is 0 Å². The lowest BCUT2D eigenvalue weighted by Crippen LogP contribution is -2.33. The number of rotatable bonds is 6. The van der Waals surface area contributed by atoms with Crippen LogP contribution < -0.4 is 10.6 Å². The molecule has 6 heteroatoms.